The van der Waals surface area contributed by atoms with Crippen LogP contribution in [0.1, 0.15) is 12.8 Å². The fraction of sp³-hybridized carbons (Fsp3) is 0.556. The van der Waals surface area contributed by atoms with Gasteiger partial charge in [0, 0.05) is 20.6 Å². The Morgan fingerprint density at radius 2 is 2.24 bits per heavy atom. The predicted molar refractivity (Wildman–Crippen MR) is 67.9 cm³/mol. The first kappa shape index (κ1) is 14.3. The number of aromatic nitrogens is 3. The standard InChI is InChI=1S/C9H15BrN4O2S/c1-4-5-6-7-13(2)17(15,16)9-8(10)11-12-14(9)3/h4H,1,5-7H2,2-3H3. The van der Waals surface area contributed by atoms with Crippen LogP contribution in [0.15, 0.2) is 22.3 Å². The molecule has 6 nitrogen and oxygen atoms in total. The third-order valence-electron chi connectivity index (χ3n) is 2.27. The minimum Gasteiger partial charge on any atom is -0.235 e. The Labute approximate surface area is 109 Å². The van der Waals surface area contributed by atoms with E-state index in [2.05, 4.69) is 32.8 Å². The molecule has 1 heterocycles. The van der Waals surface area contributed by atoms with Crippen LogP contribution in [0.5, 0.6) is 0 Å². The molecular formula is C9H15BrN4O2S. The molecule has 0 radical (unpaired) electrons. The zero-order chi connectivity index (χ0) is 13.1. The summed E-state index contributed by atoms with van der Waals surface area (Å²) in [5, 5.41) is 7.40. The third-order valence-corrected chi connectivity index (χ3v) is 5.02. The van der Waals surface area contributed by atoms with Crippen LogP contribution in [0, 0.1) is 0 Å². The topological polar surface area (TPSA) is 68.1 Å². The normalized spacial score (nSPS) is 12.0. The lowest BCUT2D eigenvalue weighted by atomic mass is 10.3. The number of halogens is 1. The van der Waals surface area contributed by atoms with E-state index in [-0.39, 0.29) is 9.63 Å². The molecule has 0 spiro atoms. The summed E-state index contributed by atoms with van der Waals surface area (Å²) in [6.07, 6.45) is 3.29. The zero-order valence-electron chi connectivity index (χ0n) is 9.80. The van der Waals surface area contributed by atoms with Crippen molar-refractivity contribution in [2.45, 2.75) is 17.9 Å². The van der Waals surface area contributed by atoms with Gasteiger partial charge in [0.2, 0.25) is 5.03 Å². The van der Waals surface area contributed by atoms with Crippen molar-refractivity contribution in [1.82, 2.24) is 19.3 Å². The molecule has 0 bridgehead atoms. The van der Waals surface area contributed by atoms with Crippen molar-refractivity contribution in [2.75, 3.05) is 13.6 Å². The molecule has 1 aromatic rings. The van der Waals surface area contributed by atoms with E-state index in [1.54, 1.807) is 13.1 Å². The van der Waals surface area contributed by atoms with Crippen molar-refractivity contribution in [3.05, 3.63) is 17.3 Å². The summed E-state index contributed by atoms with van der Waals surface area (Å²) in [5.74, 6) is 0. The fourth-order valence-corrected chi connectivity index (χ4v) is 3.55. The highest BCUT2D eigenvalue weighted by Gasteiger charge is 2.27. The summed E-state index contributed by atoms with van der Waals surface area (Å²) >= 11 is 3.09. The van der Waals surface area contributed by atoms with Gasteiger partial charge in [-0.05, 0) is 28.8 Å². The molecule has 0 aromatic carbocycles. The fourth-order valence-electron chi connectivity index (χ4n) is 1.32. The van der Waals surface area contributed by atoms with Gasteiger partial charge < -0.3 is 0 Å². The molecule has 0 fully saturated rings. The molecule has 0 unspecified atom stereocenters. The summed E-state index contributed by atoms with van der Waals surface area (Å²) in [6, 6.07) is 0. The molecule has 96 valence electrons. The molecule has 0 N–H and O–H groups in total. The number of aryl methyl sites for hydroxylation is 1. The van der Waals surface area contributed by atoms with Gasteiger partial charge in [-0.2, -0.15) is 4.31 Å². The number of rotatable bonds is 6. The molecule has 1 rings (SSSR count). The minimum atomic E-state index is -3.55. The van der Waals surface area contributed by atoms with E-state index in [9.17, 15) is 8.42 Å². The zero-order valence-corrected chi connectivity index (χ0v) is 12.2. The molecule has 17 heavy (non-hydrogen) atoms. The van der Waals surface area contributed by atoms with Gasteiger partial charge in [-0.25, -0.2) is 13.1 Å². The Hall–Kier alpha value is -0.730. The number of hydrogen-bond donors (Lipinski definition) is 0. The van der Waals surface area contributed by atoms with Gasteiger partial charge in [0.25, 0.3) is 10.0 Å². The maximum absolute atomic E-state index is 12.2. The molecule has 0 saturated carbocycles. The SMILES string of the molecule is C=CCCCN(C)S(=O)(=O)c1c(Br)nnn1C. The van der Waals surface area contributed by atoms with Crippen LogP contribution >= 0.6 is 15.9 Å². The number of hydrogen-bond acceptors (Lipinski definition) is 4. The summed E-state index contributed by atoms with van der Waals surface area (Å²) in [7, 11) is -0.464. The van der Waals surface area contributed by atoms with E-state index in [1.165, 1.54) is 16.0 Å². The van der Waals surface area contributed by atoms with Crippen LogP contribution in [0.3, 0.4) is 0 Å². The average molecular weight is 323 g/mol. The van der Waals surface area contributed by atoms with E-state index in [4.69, 9.17) is 0 Å². The van der Waals surface area contributed by atoms with Gasteiger partial charge >= 0.3 is 0 Å². The first-order valence-corrected chi connectivity index (χ1v) is 7.27. The lowest BCUT2D eigenvalue weighted by Gasteiger charge is -2.16. The lowest BCUT2D eigenvalue weighted by Crippen LogP contribution is -2.29. The summed E-state index contributed by atoms with van der Waals surface area (Å²) < 4.78 is 27.2. The minimum absolute atomic E-state index is 0.0682. The van der Waals surface area contributed by atoms with E-state index in [1.807, 2.05) is 0 Å². The molecular weight excluding hydrogens is 308 g/mol. The molecule has 8 heteroatoms. The van der Waals surface area contributed by atoms with Crippen molar-refractivity contribution in [2.24, 2.45) is 7.05 Å². The first-order chi connectivity index (χ1) is 7.91. The Morgan fingerprint density at radius 3 is 2.71 bits per heavy atom. The second-order valence-corrected chi connectivity index (χ2v) is 6.28. The van der Waals surface area contributed by atoms with Crippen molar-refractivity contribution in [3.63, 3.8) is 0 Å². The largest absolute Gasteiger partial charge is 0.262 e. The number of allylic oxidation sites excluding steroid dienone is 1. The molecule has 0 aliphatic carbocycles. The van der Waals surface area contributed by atoms with E-state index >= 15 is 0 Å². The van der Waals surface area contributed by atoms with Crippen molar-refractivity contribution in [1.29, 1.82) is 0 Å². The second kappa shape index (κ2) is 5.74. The number of unbranched alkanes of at least 4 members (excludes halogenated alkanes) is 1. The van der Waals surface area contributed by atoms with Crippen molar-refractivity contribution >= 4 is 26.0 Å². The molecule has 0 amide bonds. The highest BCUT2D eigenvalue weighted by atomic mass is 79.9. The van der Waals surface area contributed by atoms with E-state index in [0.717, 1.165) is 12.8 Å². The Kier molecular flexibility index (Phi) is 4.84. The highest BCUT2D eigenvalue weighted by Crippen LogP contribution is 2.21. The van der Waals surface area contributed by atoms with Gasteiger partial charge in [0.1, 0.15) is 0 Å². The third kappa shape index (κ3) is 3.14. The summed E-state index contributed by atoms with van der Waals surface area (Å²) in [4.78, 5) is 0. The Bertz CT molecular complexity index is 478. The molecule has 0 atom stereocenters. The van der Waals surface area contributed by atoms with E-state index < -0.39 is 10.0 Å². The monoisotopic (exact) mass is 322 g/mol. The first-order valence-electron chi connectivity index (χ1n) is 5.03. The van der Waals surface area contributed by atoms with Crippen LogP contribution < -0.4 is 0 Å². The number of nitrogens with zero attached hydrogens (tertiary/aromatic N) is 4. The van der Waals surface area contributed by atoms with Crippen molar-refractivity contribution < 1.29 is 8.42 Å². The van der Waals surface area contributed by atoms with Crippen LogP contribution in [0.2, 0.25) is 0 Å². The van der Waals surface area contributed by atoms with Crippen LogP contribution in [-0.4, -0.2) is 41.3 Å². The molecule has 0 aliphatic heterocycles. The van der Waals surface area contributed by atoms with Gasteiger partial charge in [-0.3, -0.25) is 0 Å². The van der Waals surface area contributed by atoms with E-state index in [0.29, 0.717) is 6.54 Å². The maximum atomic E-state index is 12.2. The summed E-state index contributed by atoms with van der Waals surface area (Å²) in [5.41, 5.74) is 0. The summed E-state index contributed by atoms with van der Waals surface area (Å²) in [6.45, 7) is 4.03. The van der Waals surface area contributed by atoms with Crippen LogP contribution in [0.25, 0.3) is 0 Å². The molecule has 0 saturated heterocycles. The average Bonchev–Trinajstić information content (AvgIpc) is 2.59. The van der Waals surface area contributed by atoms with Crippen molar-refractivity contribution in [3.8, 4) is 0 Å². The maximum Gasteiger partial charge on any atom is 0.262 e. The van der Waals surface area contributed by atoms with Gasteiger partial charge in [-0.1, -0.05) is 11.3 Å². The highest BCUT2D eigenvalue weighted by molar-refractivity contribution is 9.10. The Morgan fingerprint density at radius 1 is 1.59 bits per heavy atom. The van der Waals surface area contributed by atoms with Gasteiger partial charge in [0.05, 0.1) is 0 Å². The molecule has 1 aromatic heterocycles. The van der Waals surface area contributed by atoms with Gasteiger partial charge in [0.15, 0.2) is 4.60 Å². The van der Waals surface area contributed by atoms with Crippen LogP contribution in [0.4, 0.5) is 0 Å². The lowest BCUT2D eigenvalue weighted by molar-refractivity contribution is 0.453. The number of sulfonamides is 1. The van der Waals surface area contributed by atoms with Crippen LogP contribution in [-0.2, 0) is 17.1 Å². The smallest absolute Gasteiger partial charge is 0.235 e. The van der Waals surface area contributed by atoms with Gasteiger partial charge in [-0.15, -0.1) is 11.7 Å². The molecule has 0 aliphatic rings. The Balaban J connectivity index is 2.91. The second-order valence-electron chi connectivity index (χ2n) is 3.57. The predicted octanol–water partition coefficient (Wildman–Crippen LogP) is 1.16. The quantitative estimate of drug-likeness (QED) is 0.582.